The molecule has 5 rings (SSSR count). The summed E-state index contributed by atoms with van der Waals surface area (Å²) in [5.74, 6) is -0.385. The van der Waals surface area contributed by atoms with E-state index in [2.05, 4.69) is 4.99 Å². The minimum atomic E-state index is -1.07. The lowest BCUT2D eigenvalue weighted by Gasteiger charge is -2.25. The van der Waals surface area contributed by atoms with E-state index in [0.29, 0.717) is 43.4 Å². The number of benzene rings is 2. The summed E-state index contributed by atoms with van der Waals surface area (Å²) in [6, 6.07) is 16.2. The number of furan rings is 1. The molecule has 9 nitrogen and oxygen atoms in total. The number of methoxy groups -OCH3 is 1. The van der Waals surface area contributed by atoms with Crippen molar-refractivity contribution >= 4 is 29.4 Å². The van der Waals surface area contributed by atoms with Crippen LogP contribution in [0.1, 0.15) is 41.6 Å². The van der Waals surface area contributed by atoms with Crippen molar-refractivity contribution in [3.63, 3.8) is 0 Å². The van der Waals surface area contributed by atoms with Crippen molar-refractivity contribution in [1.29, 1.82) is 0 Å². The van der Waals surface area contributed by atoms with E-state index in [9.17, 15) is 19.5 Å². The Morgan fingerprint density at radius 2 is 1.87 bits per heavy atom. The van der Waals surface area contributed by atoms with Gasteiger partial charge in [-0.1, -0.05) is 47.7 Å². The molecule has 0 unspecified atom stereocenters. The number of fused-ring (bicyclic) bond motifs is 1. The van der Waals surface area contributed by atoms with Crippen molar-refractivity contribution in [3.8, 4) is 17.1 Å². The van der Waals surface area contributed by atoms with Crippen molar-refractivity contribution < 1.29 is 28.6 Å². The van der Waals surface area contributed by atoms with Crippen molar-refractivity contribution in [1.82, 2.24) is 4.57 Å². The number of thiazole rings is 1. The number of hydrogen-bond donors (Lipinski definition) is 1. The lowest BCUT2D eigenvalue weighted by molar-refractivity contribution is -0.139. The molecule has 0 fully saturated rings. The first-order valence-electron chi connectivity index (χ1n) is 12.1. The summed E-state index contributed by atoms with van der Waals surface area (Å²) < 4.78 is 18.6. The van der Waals surface area contributed by atoms with Crippen LogP contribution in [0.4, 0.5) is 0 Å². The molecule has 0 bridgehead atoms. The SMILES string of the molecule is CCOC(=O)C1=C(C)N=c2sc(=Cc3ccc(-c4ccccc4C(=O)O)o3)c(=O)n2[C@@H]1c1ccccc1OC. The van der Waals surface area contributed by atoms with Gasteiger partial charge >= 0.3 is 11.9 Å². The first kappa shape index (κ1) is 25.9. The summed E-state index contributed by atoms with van der Waals surface area (Å²) in [5, 5.41) is 9.52. The minimum Gasteiger partial charge on any atom is -0.496 e. The van der Waals surface area contributed by atoms with E-state index in [1.54, 1.807) is 62.4 Å². The number of esters is 1. The molecule has 2 aromatic heterocycles. The third-order valence-corrected chi connectivity index (χ3v) is 7.26. The van der Waals surface area contributed by atoms with Gasteiger partial charge in [0.05, 0.1) is 35.1 Å². The zero-order valence-corrected chi connectivity index (χ0v) is 22.2. The summed E-state index contributed by atoms with van der Waals surface area (Å²) in [5.41, 5.74) is 1.49. The van der Waals surface area contributed by atoms with E-state index in [1.807, 2.05) is 12.1 Å². The molecule has 10 heteroatoms. The van der Waals surface area contributed by atoms with Gasteiger partial charge in [0, 0.05) is 17.2 Å². The molecule has 1 N–H and O–H groups in total. The fourth-order valence-electron chi connectivity index (χ4n) is 4.57. The molecular formula is C29H24N2O7S. The molecule has 0 amide bonds. The highest BCUT2D eigenvalue weighted by atomic mass is 32.1. The number of ether oxygens (including phenoxy) is 2. The van der Waals surface area contributed by atoms with E-state index >= 15 is 0 Å². The summed E-state index contributed by atoms with van der Waals surface area (Å²) in [6.45, 7) is 3.60. The summed E-state index contributed by atoms with van der Waals surface area (Å²) in [4.78, 5) is 43.5. The largest absolute Gasteiger partial charge is 0.496 e. The maximum Gasteiger partial charge on any atom is 0.338 e. The van der Waals surface area contributed by atoms with Crippen LogP contribution in [0, 0.1) is 0 Å². The Labute approximate surface area is 226 Å². The van der Waals surface area contributed by atoms with Gasteiger partial charge < -0.3 is 19.0 Å². The third kappa shape index (κ3) is 4.70. The van der Waals surface area contributed by atoms with Crippen molar-refractivity contribution in [2.75, 3.05) is 13.7 Å². The van der Waals surface area contributed by atoms with E-state index < -0.39 is 18.0 Å². The van der Waals surface area contributed by atoms with Gasteiger partial charge in [-0.25, -0.2) is 14.6 Å². The molecule has 3 heterocycles. The van der Waals surface area contributed by atoms with Crippen LogP contribution in [0.2, 0.25) is 0 Å². The van der Waals surface area contributed by atoms with Gasteiger partial charge in [-0.2, -0.15) is 0 Å². The second kappa shape index (κ2) is 10.6. The third-order valence-electron chi connectivity index (χ3n) is 6.27. The van der Waals surface area contributed by atoms with Gasteiger partial charge in [0.2, 0.25) is 0 Å². The van der Waals surface area contributed by atoms with Crippen LogP contribution in [0.5, 0.6) is 5.75 Å². The Hall–Kier alpha value is -4.70. The number of hydrogen-bond acceptors (Lipinski definition) is 8. The van der Waals surface area contributed by atoms with Crippen LogP contribution in [-0.2, 0) is 9.53 Å². The summed E-state index contributed by atoms with van der Waals surface area (Å²) in [7, 11) is 1.53. The average molecular weight is 545 g/mol. The maximum absolute atomic E-state index is 13.8. The summed E-state index contributed by atoms with van der Waals surface area (Å²) >= 11 is 1.16. The normalized spacial score (nSPS) is 15.1. The lowest BCUT2D eigenvalue weighted by Crippen LogP contribution is -2.40. The van der Waals surface area contributed by atoms with Gasteiger partial charge in [0.1, 0.15) is 23.3 Å². The molecule has 0 spiro atoms. The van der Waals surface area contributed by atoms with Crippen LogP contribution in [0.25, 0.3) is 17.4 Å². The van der Waals surface area contributed by atoms with Crippen LogP contribution in [-0.4, -0.2) is 35.3 Å². The molecule has 1 aliphatic heterocycles. The Morgan fingerprint density at radius 1 is 1.13 bits per heavy atom. The fourth-order valence-corrected chi connectivity index (χ4v) is 5.59. The highest BCUT2D eigenvalue weighted by molar-refractivity contribution is 7.07. The molecule has 39 heavy (non-hydrogen) atoms. The second-order valence-electron chi connectivity index (χ2n) is 8.60. The first-order valence-corrected chi connectivity index (χ1v) is 12.9. The van der Waals surface area contributed by atoms with E-state index in [4.69, 9.17) is 13.9 Å². The molecule has 1 aliphatic rings. The van der Waals surface area contributed by atoms with E-state index in [1.165, 1.54) is 17.7 Å². The number of para-hydroxylation sites is 1. The number of carbonyl (C=O) groups is 2. The predicted octanol–water partition coefficient (Wildman–Crippen LogP) is 3.77. The summed E-state index contributed by atoms with van der Waals surface area (Å²) in [6.07, 6.45) is 1.58. The van der Waals surface area contributed by atoms with Crippen molar-refractivity contribution in [2.45, 2.75) is 19.9 Å². The Balaban J connectivity index is 1.66. The Morgan fingerprint density at radius 3 is 2.62 bits per heavy atom. The molecule has 0 aliphatic carbocycles. The molecule has 0 saturated heterocycles. The lowest BCUT2D eigenvalue weighted by atomic mass is 9.95. The zero-order chi connectivity index (χ0) is 27.7. The van der Waals surface area contributed by atoms with Gasteiger partial charge in [0.25, 0.3) is 5.56 Å². The van der Waals surface area contributed by atoms with Crippen LogP contribution in [0.15, 0.2) is 86.1 Å². The number of carboxylic acid groups (broad SMARTS) is 1. The first-order chi connectivity index (χ1) is 18.8. The van der Waals surface area contributed by atoms with Crippen LogP contribution in [0.3, 0.4) is 0 Å². The van der Waals surface area contributed by atoms with E-state index in [0.717, 1.165) is 11.3 Å². The van der Waals surface area contributed by atoms with Gasteiger partial charge in [-0.05, 0) is 38.1 Å². The van der Waals surface area contributed by atoms with Crippen LogP contribution < -0.4 is 19.6 Å². The molecule has 198 valence electrons. The predicted molar refractivity (Wildman–Crippen MR) is 144 cm³/mol. The molecule has 4 aromatic rings. The van der Waals surface area contributed by atoms with Gasteiger partial charge in [0.15, 0.2) is 4.80 Å². The number of rotatable bonds is 7. The quantitative estimate of drug-likeness (QED) is 0.352. The monoisotopic (exact) mass is 544 g/mol. The highest BCUT2D eigenvalue weighted by Gasteiger charge is 2.35. The van der Waals surface area contributed by atoms with E-state index in [-0.39, 0.29) is 23.3 Å². The molecule has 0 saturated carbocycles. The number of carboxylic acids is 1. The number of aromatic nitrogens is 1. The number of aromatic carboxylic acids is 1. The topological polar surface area (TPSA) is 120 Å². The van der Waals surface area contributed by atoms with Crippen molar-refractivity contribution in [3.05, 3.63) is 109 Å². The second-order valence-corrected chi connectivity index (χ2v) is 9.61. The Bertz CT molecular complexity index is 1810. The molecule has 0 radical (unpaired) electrons. The molecule has 2 aromatic carbocycles. The Kier molecular flexibility index (Phi) is 7.03. The number of allylic oxidation sites excluding steroid dienone is 1. The highest BCUT2D eigenvalue weighted by Crippen LogP contribution is 2.35. The number of carbonyl (C=O) groups excluding carboxylic acids is 1. The van der Waals surface area contributed by atoms with Gasteiger partial charge in [-0.15, -0.1) is 0 Å². The minimum absolute atomic E-state index is 0.108. The maximum atomic E-state index is 13.8. The average Bonchev–Trinajstić information content (AvgIpc) is 3.52. The van der Waals surface area contributed by atoms with Crippen molar-refractivity contribution in [2.24, 2.45) is 4.99 Å². The standard InChI is InChI=1S/C29H24N2O7S/c1-4-37-28(35)24-16(2)30-29-31(25(24)20-11-7-8-12-21(20)36-3)26(32)23(39-29)15-17-13-14-22(38-17)18-9-5-6-10-19(18)27(33)34/h5-15,25H,4H2,1-3H3,(H,33,34)/t25-/m1/s1. The smallest absolute Gasteiger partial charge is 0.338 e. The molecule has 1 atom stereocenters. The van der Waals surface area contributed by atoms with Crippen LogP contribution >= 0.6 is 11.3 Å². The number of nitrogens with zero attached hydrogens (tertiary/aromatic N) is 2. The zero-order valence-electron chi connectivity index (χ0n) is 21.3. The van der Waals surface area contributed by atoms with Gasteiger partial charge in [-0.3, -0.25) is 9.36 Å². The molecular weight excluding hydrogens is 520 g/mol. The fraction of sp³-hybridized carbons (Fsp3) is 0.172.